The number of hydrogen-bond donors (Lipinski definition) is 0. The van der Waals surface area contributed by atoms with Gasteiger partial charge in [0.15, 0.2) is 10.9 Å². The van der Waals surface area contributed by atoms with Gasteiger partial charge in [-0.15, -0.1) is 11.3 Å². The molecule has 0 aliphatic carbocycles. The Morgan fingerprint density at radius 2 is 2.00 bits per heavy atom. The highest BCUT2D eigenvalue weighted by atomic mass is 32.1. The lowest BCUT2D eigenvalue weighted by molar-refractivity contribution is -0.116. The van der Waals surface area contributed by atoms with E-state index < -0.39 is 6.61 Å². The zero-order valence-electron chi connectivity index (χ0n) is 13.6. The van der Waals surface area contributed by atoms with Gasteiger partial charge in [-0.25, -0.2) is 4.98 Å². The third kappa shape index (κ3) is 5.18. The summed E-state index contributed by atoms with van der Waals surface area (Å²) in [6.45, 7) is 0.921. The van der Waals surface area contributed by atoms with Crippen molar-refractivity contribution < 1.29 is 23.1 Å². The van der Waals surface area contributed by atoms with Crippen molar-refractivity contribution in [3.63, 3.8) is 0 Å². The van der Waals surface area contributed by atoms with E-state index in [1.54, 1.807) is 11.5 Å². The Balaban J connectivity index is 2.05. The molecule has 1 aromatic carbocycles. The molecule has 0 aliphatic heterocycles. The van der Waals surface area contributed by atoms with Gasteiger partial charge in [0.1, 0.15) is 5.75 Å². The van der Waals surface area contributed by atoms with Crippen molar-refractivity contribution in [3.05, 3.63) is 47.0 Å². The Bertz CT molecular complexity index is 772. The van der Waals surface area contributed by atoms with Crippen LogP contribution >= 0.6 is 11.3 Å². The first-order valence-electron chi connectivity index (χ1n) is 7.41. The summed E-state index contributed by atoms with van der Waals surface area (Å²) in [4.78, 5) is 29.4. The minimum Gasteiger partial charge on any atom is -0.435 e. The summed E-state index contributed by atoms with van der Waals surface area (Å²) in [6, 6.07) is 5.43. The van der Waals surface area contributed by atoms with Crippen LogP contribution in [0.4, 0.5) is 13.9 Å². The van der Waals surface area contributed by atoms with Gasteiger partial charge in [-0.2, -0.15) is 8.78 Å². The second-order valence-corrected chi connectivity index (χ2v) is 5.76. The number of allylic oxidation sites excluding steroid dienone is 1. The number of nitrogens with zero attached hydrogens (tertiary/aromatic N) is 2. The van der Waals surface area contributed by atoms with E-state index in [9.17, 15) is 18.4 Å². The zero-order chi connectivity index (χ0) is 18.4. The van der Waals surface area contributed by atoms with Gasteiger partial charge in [0.2, 0.25) is 5.91 Å². The molecular weight excluding hydrogens is 350 g/mol. The molecule has 0 saturated heterocycles. The number of ketones is 1. The fourth-order valence-corrected chi connectivity index (χ4v) is 2.93. The van der Waals surface area contributed by atoms with E-state index in [1.165, 1.54) is 53.5 Å². The summed E-state index contributed by atoms with van der Waals surface area (Å²) in [5.41, 5.74) is 0.901. The van der Waals surface area contributed by atoms with Crippen LogP contribution < -0.4 is 9.64 Å². The van der Waals surface area contributed by atoms with Crippen LogP contribution in [0.15, 0.2) is 35.7 Å². The number of rotatable bonds is 7. The fourth-order valence-electron chi connectivity index (χ4n) is 2.03. The first kappa shape index (κ1) is 18.7. The average Bonchev–Trinajstić information content (AvgIpc) is 3.01. The molecule has 0 aliphatic rings. The quantitative estimate of drug-likeness (QED) is 0.549. The Labute approximate surface area is 147 Å². The number of aromatic nitrogens is 1. The minimum absolute atomic E-state index is 0.0106. The summed E-state index contributed by atoms with van der Waals surface area (Å²) in [6.07, 6.45) is 2.88. The van der Waals surface area contributed by atoms with E-state index >= 15 is 0 Å². The Morgan fingerprint density at radius 3 is 2.56 bits per heavy atom. The van der Waals surface area contributed by atoms with Crippen LogP contribution in [-0.4, -0.2) is 29.8 Å². The highest BCUT2D eigenvalue weighted by Crippen LogP contribution is 2.21. The molecule has 0 atom stereocenters. The van der Waals surface area contributed by atoms with Crippen molar-refractivity contribution in [2.75, 3.05) is 11.4 Å². The molecule has 132 valence electrons. The number of carbonyl (C=O) groups is 2. The molecule has 1 heterocycles. The highest BCUT2D eigenvalue weighted by Gasteiger charge is 2.12. The van der Waals surface area contributed by atoms with Crippen molar-refractivity contribution in [2.45, 2.75) is 20.5 Å². The number of ether oxygens (including phenoxy) is 1. The fraction of sp³-hybridized carbons (Fsp3) is 0.235. The van der Waals surface area contributed by atoms with Crippen LogP contribution in [0, 0.1) is 0 Å². The predicted octanol–water partition coefficient (Wildman–Crippen LogP) is 4.01. The van der Waals surface area contributed by atoms with Crippen LogP contribution in [0.25, 0.3) is 6.08 Å². The molecule has 0 N–H and O–H groups in total. The van der Waals surface area contributed by atoms with Crippen molar-refractivity contribution in [1.82, 2.24) is 4.98 Å². The van der Waals surface area contributed by atoms with Gasteiger partial charge in [-0.1, -0.05) is 0 Å². The molecule has 0 saturated carbocycles. The standard InChI is InChI=1S/C17H16F2N2O3S/c1-3-21(11(2)22)17-20-13(10-25-17)6-9-15(23)12-4-7-14(8-5-12)24-16(18)19/h4-10,16H,3H2,1-2H3/b9-6+. The van der Waals surface area contributed by atoms with E-state index in [1.807, 2.05) is 6.92 Å². The molecule has 0 unspecified atom stereocenters. The first-order valence-corrected chi connectivity index (χ1v) is 8.29. The monoisotopic (exact) mass is 366 g/mol. The van der Waals surface area contributed by atoms with Crippen molar-refractivity contribution in [2.24, 2.45) is 0 Å². The largest absolute Gasteiger partial charge is 0.435 e. The molecule has 0 radical (unpaired) electrons. The molecule has 1 amide bonds. The minimum atomic E-state index is -2.90. The molecule has 25 heavy (non-hydrogen) atoms. The van der Waals surface area contributed by atoms with Gasteiger partial charge in [0.05, 0.1) is 5.69 Å². The number of halogens is 2. The lowest BCUT2D eigenvalue weighted by Gasteiger charge is -2.14. The maximum atomic E-state index is 12.1. The lowest BCUT2D eigenvalue weighted by atomic mass is 10.1. The van der Waals surface area contributed by atoms with E-state index in [2.05, 4.69) is 9.72 Å². The van der Waals surface area contributed by atoms with E-state index in [0.29, 0.717) is 22.9 Å². The average molecular weight is 366 g/mol. The topological polar surface area (TPSA) is 59.5 Å². The molecule has 0 bridgehead atoms. The second kappa shape index (κ2) is 8.48. The molecule has 1 aromatic heterocycles. The van der Waals surface area contributed by atoms with Crippen molar-refractivity contribution in [1.29, 1.82) is 0 Å². The number of thiazole rings is 1. The third-order valence-electron chi connectivity index (χ3n) is 3.21. The SMILES string of the molecule is CCN(C(C)=O)c1nc(/C=C/C(=O)c2ccc(OC(F)F)cc2)cs1. The Morgan fingerprint density at radius 1 is 1.32 bits per heavy atom. The Kier molecular flexibility index (Phi) is 6.35. The van der Waals surface area contributed by atoms with E-state index in [4.69, 9.17) is 0 Å². The summed E-state index contributed by atoms with van der Waals surface area (Å²) in [7, 11) is 0. The number of anilines is 1. The third-order valence-corrected chi connectivity index (χ3v) is 4.09. The molecule has 2 rings (SSSR count). The summed E-state index contributed by atoms with van der Waals surface area (Å²) in [5.74, 6) is -0.407. The summed E-state index contributed by atoms with van der Waals surface area (Å²) in [5, 5.41) is 2.31. The number of carbonyl (C=O) groups excluding carboxylic acids is 2. The molecule has 8 heteroatoms. The number of amides is 1. The predicted molar refractivity (Wildman–Crippen MR) is 92.3 cm³/mol. The smallest absolute Gasteiger partial charge is 0.387 e. The van der Waals surface area contributed by atoms with Crippen LogP contribution in [0.1, 0.15) is 29.9 Å². The number of benzene rings is 1. The Hall–Kier alpha value is -2.61. The van der Waals surface area contributed by atoms with Crippen LogP contribution in [0.2, 0.25) is 0 Å². The van der Waals surface area contributed by atoms with Crippen LogP contribution in [0.3, 0.4) is 0 Å². The van der Waals surface area contributed by atoms with Gasteiger partial charge in [0, 0.05) is 24.4 Å². The lowest BCUT2D eigenvalue weighted by Crippen LogP contribution is -2.27. The van der Waals surface area contributed by atoms with Gasteiger partial charge in [0.25, 0.3) is 0 Å². The van der Waals surface area contributed by atoms with Gasteiger partial charge in [-0.3, -0.25) is 14.5 Å². The molecule has 2 aromatic rings. The zero-order valence-corrected chi connectivity index (χ0v) is 14.4. The van der Waals surface area contributed by atoms with Gasteiger partial charge in [-0.05, 0) is 43.3 Å². The molecule has 0 fully saturated rings. The maximum Gasteiger partial charge on any atom is 0.387 e. The van der Waals surface area contributed by atoms with Crippen molar-refractivity contribution >= 4 is 34.2 Å². The van der Waals surface area contributed by atoms with Gasteiger partial charge >= 0.3 is 6.61 Å². The first-order chi connectivity index (χ1) is 11.9. The van der Waals surface area contributed by atoms with Crippen LogP contribution in [0.5, 0.6) is 5.75 Å². The highest BCUT2D eigenvalue weighted by molar-refractivity contribution is 7.14. The number of hydrogen-bond acceptors (Lipinski definition) is 5. The molecular formula is C17H16F2N2O3S. The normalized spacial score (nSPS) is 11.1. The van der Waals surface area contributed by atoms with E-state index in [-0.39, 0.29) is 17.4 Å². The summed E-state index contributed by atoms with van der Waals surface area (Å²) >= 11 is 1.31. The molecule has 0 spiro atoms. The molecule has 5 nitrogen and oxygen atoms in total. The number of alkyl halides is 2. The van der Waals surface area contributed by atoms with Gasteiger partial charge < -0.3 is 4.74 Å². The second-order valence-electron chi connectivity index (χ2n) is 4.92. The summed E-state index contributed by atoms with van der Waals surface area (Å²) < 4.78 is 28.4. The van der Waals surface area contributed by atoms with Crippen molar-refractivity contribution in [3.8, 4) is 5.75 Å². The van der Waals surface area contributed by atoms with Crippen LogP contribution in [-0.2, 0) is 4.79 Å². The maximum absolute atomic E-state index is 12.1. The van der Waals surface area contributed by atoms with E-state index in [0.717, 1.165) is 0 Å².